The average molecular weight is 337 g/mol. The predicted octanol–water partition coefficient (Wildman–Crippen LogP) is 1.86. The Morgan fingerprint density at radius 3 is 2.74 bits per heavy atom. The maximum absolute atomic E-state index is 12.3. The van der Waals surface area contributed by atoms with Gasteiger partial charge >= 0.3 is 0 Å². The monoisotopic (exact) mass is 336 g/mol. The Morgan fingerprint density at radius 1 is 1.39 bits per heavy atom. The molecule has 23 heavy (non-hydrogen) atoms. The number of nitrogens with two attached hydrogens (primary N) is 1. The van der Waals surface area contributed by atoms with Gasteiger partial charge < -0.3 is 20.5 Å². The lowest BCUT2D eigenvalue weighted by atomic mass is 9.96. The number of hydrogen-bond acceptors (Lipinski definition) is 7. The summed E-state index contributed by atoms with van der Waals surface area (Å²) in [5, 5.41) is 6.86. The van der Waals surface area contributed by atoms with Gasteiger partial charge in [-0.1, -0.05) is 16.8 Å². The molecular formula is C14H17ClN6O2. The summed E-state index contributed by atoms with van der Waals surface area (Å²) in [5.41, 5.74) is 5.62. The smallest absolute Gasteiger partial charge is 0.228 e. The summed E-state index contributed by atoms with van der Waals surface area (Å²) in [6.07, 6.45) is 1.42. The van der Waals surface area contributed by atoms with Crippen molar-refractivity contribution in [3.63, 3.8) is 0 Å². The summed E-state index contributed by atoms with van der Waals surface area (Å²) < 4.78 is 4.94. The standard InChI is InChI=1S/C14H17ClN6O2/c1-8-6-11(20-23-8)18-13(22)9-2-4-21(5-3-9)12-7-10(15)17-14(16)19-12/h6-7,9H,2-5H2,1H3,(H2,16,17,19)(H,18,20,22). The highest BCUT2D eigenvalue weighted by atomic mass is 35.5. The van der Waals surface area contributed by atoms with E-state index in [-0.39, 0.29) is 17.8 Å². The number of rotatable bonds is 3. The molecule has 1 aliphatic rings. The first-order valence-electron chi connectivity index (χ1n) is 7.30. The van der Waals surface area contributed by atoms with Gasteiger partial charge in [0.25, 0.3) is 0 Å². The second-order valence-corrected chi connectivity index (χ2v) is 5.87. The van der Waals surface area contributed by atoms with Crippen LogP contribution in [-0.4, -0.2) is 34.1 Å². The Bertz CT molecular complexity index is 691. The number of carbonyl (C=O) groups excluding carboxylic acids is 1. The Hall–Kier alpha value is -2.35. The summed E-state index contributed by atoms with van der Waals surface area (Å²) in [6.45, 7) is 3.17. The van der Waals surface area contributed by atoms with Crippen molar-refractivity contribution in [2.75, 3.05) is 29.0 Å². The molecule has 1 aliphatic heterocycles. The van der Waals surface area contributed by atoms with Crippen molar-refractivity contribution in [2.45, 2.75) is 19.8 Å². The normalized spacial score (nSPS) is 15.7. The fourth-order valence-corrected chi connectivity index (χ4v) is 2.79. The van der Waals surface area contributed by atoms with Crippen LogP contribution in [0.5, 0.6) is 0 Å². The Kier molecular flexibility index (Phi) is 4.33. The first-order chi connectivity index (χ1) is 11.0. The van der Waals surface area contributed by atoms with Crippen LogP contribution in [0.4, 0.5) is 17.6 Å². The molecule has 0 unspecified atom stereocenters. The van der Waals surface area contributed by atoms with Crippen LogP contribution in [0, 0.1) is 12.8 Å². The van der Waals surface area contributed by atoms with Gasteiger partial charge in [0.15, 0.2) is 5.82 Å². The molecular weight excluding hydrogens is 320 g/mol. The van der Waals surface area contributed by atoms with Gasteiger partial charge in [0, 0.05) is 31.1 Å². The molecule has 3 heterocycles. The van der Waals surface area contributed by atoms with E-state index >= 15 is 0 Å². The van der Waals surface area contributed by atoms with Gasteiger partial charge in [0.05, 0.1) is 0 Å². The zero-order valence-electron chi connectivity index (χ0n) is 12.6. The van der Waals surface area contributed by atoms with Crippen LogP contribution >= 0.6 is 11.6 Å². The van der Waals surface area contributed by atoms with E-state index in [9.17, 15) is 4.79 Å². The Morgan fingerprint density at radius 2 is 2.13 bits per heavy atom. The van der Waals surface area contributed by atoms with E-state index in [1.54, 1.807) is 19.1 Å². The van der Waals surface area contributed by atoms with Gasteiger partial charge in [-0.15, -0.1) is 0 Å². The first-order valence-corrected chi connectivity index (χ1v) is 7.68. The van der Waals surface area contributed by atoms with Crippen LogP contribution in [0.25, 0.3) is 0 Å². The minimum absolute atomic E-state index is 0.0433. The molecule has 3 rings (SSSR count). The summed E-state index contributed by atoms with van der Waals surface area (Å²) >= 11 is 5.90. The minimum atomic E-state index is -0.0714. The van der Waals surface area contributed by atoms with E-state index in [0.717, 1.165) is 0 Å². The van der Waals surface area contributed by atoms with Crippen LogP contribution < -0.4 is 16.0 Å². The second-order valence-electron chi connectivity index (χ2n) is 5.48. The number of nitrogens with one attached hydrogen (secondary N) is 1. The zero-order valence-corrected chi connectivity index (χ0v) is 13.4. The van der Waals surface area contributed by atoms with Crippen molar-refractivity contribution < 1.29 is 9.32 Å². The summed E-state index contributed by atoms with van der Waals surface area (Å²) in [5.74, 6) is 1.83. The van der Waals surface area contributed by atoms with Gasteiger partial charge in [-0.2, -0.15) is 4.98 Å². The third-order valence-electron chi connectivity index (χ3n) is 3.77. The SMILES string of the molecule is Cc1cc(NC(=O)C2CCN(c3cc(Cl)nc(N)n3)CC2)no1. The Labute approximate surface area is 138 Å². The number of hydrogen-bond donors (Lipinski definition) is 2. The lowest BCUT2D eigenvalue weighted by Crippen LogP contribution is -2.38. The molecule has 2 aromatic rings. The van der Waals surface area contributed by atoms with E-state index < -0.39 is 0 Å². The molecule has 0 aromatic carbocycles. The Balaban J connectivity index is 1.58. The lowest BCUT2D eigenvalue weighted by molar-refractivity contribution is -0.120. The van der Waals surface area contributed by atoms with E-state index in [1.807, 2.05) is 4.90 Å². The molecule has 0 saturated carbocycles. The molecule has 122 valence electrons. The molecule has 1 saturated heterocycles. The number of piperidine rings is 1. The van der Waals surface area contributed by atoms with Gasteiger partial charge in [0.1, 0.15) is 16.7 Å². The highest BCUT2D eigenvalue weighted by Gasteiger charge is 2.26. The first kappa shape index (κ1) is 15.5. The van der Waals surface area contributed by atoms with E-state index in [2.05, 4.69) is 20.4 Å². The van der Waals surface area contributed by atoms with Gasteiger partial charge in [0.2, 0.25) is 11.9 Å². The largest absolute Gasteiger partial charge is 0.368 e. The van der Waals surface area contributed by atoms with Crippen molar-refractivity contribution in [1.82, 2.24) is 15.1 Å². The molecule has 0 radical (unpaired) electrons. The maximum atomic E-state index is 12.3. The van der Waals surface area contributed by atoms with Crippen molar-refractivity contribution in [1.29, 1.82) is 0 Å². The quantitative estimate of drug-likeness (QED) is 0.823. The molecule has 3 N–H and O–H groups in total. The molecule has 0 atom stereocenters. The summed E-state index contributed by atoms with van der Waals surface area (Å²) in [6, 6.07) is 3.37. The summed E-state index contributed by atoms with van der Waals surface area (Å²) in [7, 11) is 0. The van der Waals surface area contributed by atoms with Gasteiger partial charge in [-0.3, -0.25) is 4.79 Å². The number of aromatic nitrogens is 3. The van der Waals surface area contributed by atoms with Crippen LogP contribution in [0.1, 0.15) is 18.6 Å². The van der Waals surface area contributed by atoms with Crippen molar-refractivity contribution >= 4 is 35.1 Å². The molecule has 9 heteroatoms. The van der Waals surface area contributed by atoms with E-state index in [0.29, 0.717) is 48.5 Å². The third kappa shape index (κ3) is 3.70. The van der Waals surface area contributed by atoms with Crippen LogP contribution in [-0.2, 0) is 4.79 Å². The molecule has 0 aliphatic carbocycles. The topological polar surface area (TPSA) is 110 Å². The lowest BCUT2D eigenvalue weighted by Gasteiger charge is -2.32. The van der Waals surface area contributed by atoms with E-state index in [1.165, 1.54) is 0 Å². The maximum Gasteiger partial charge on any atom is 0.228 e. The average Bonchev–Trinajstić information content (AvgIpc) is 2.91. The van der Waals surface area contributed by atoms with Gasteiger partial charge in [-0.05, 0) is 19.8 Å². The number of aryl methyl sites for hydroxylation is 1. The zero-order chi connectivity index (χ0) is 16.4. The molecule has 1 amide bonds. The third-order valence-corrected chi connectivity index (χ3v) is 3.96. The number of nitrogens with zero attached hydrogens (tertiary/aromatic N) is 4. The highest BCUT2D eigenvalue weighted by Crippen LogP contribution is 2.25. The van der Waals surface area contributed by atoms with Crippen molar-refractivity contribution in [3.8, 4) is 0 Å². The minimum Gasteiger partial charge on any atom is -0.368 e. The molecule has 0 bridgehead atoms. The molecule has 0 spiro atoms. The van der Waals surface area contributed by atoms with Crippen molar-refractivity contribution in [3.05, 3.63) is 23.0 Å². The summed E-state index contributed by atoms with van der Waals surface area (Å²) in [4.78, 5) is 22.3. The number of nitrogen functional groups attached to an aromatic ring is 1. The number of carbonyl (C=O) groups is 1. The predicted molar refractivity (Wildman–Crippen MR) is 86.3 cm³/mol. The van der Waals surface area contributed by atoms with Crippen LogP contribution in [0.15, 0.2) is 16.7 Å². The van der Waals surface area contributed by atoms with Crippen LogP contribution in [0.2, 0.25) is 5.15 Å². The molecule has 2 aromatic heterocycles. The second kappa shape index (κ2) is 6.41. The number of anilines is 3. The molecule has 1 fully saturated rings. The highest BCUT2D eigenvalue weighted by molar-refractivity contribution is 6.29. The fourth-order valence-electron chi connectivity index (χ4n) is 2.61. The van der Waals surface area contributed by atoms with Crippen molar-refractivity contribution in [2.24, 2.45) is 5.92 Å². The fraction of sp³-hybridized carbons (Fsp3) is 0.429. The number of amides is 1. The van der Waals surface area contributed by atoms with E-state index in [4.69, 9.17) is 21.9 Å². The molecule has 8 nitrogen and oxygen atoms in total. The van der Waals surface area contributed by atoms with Gasteiger partial charge in [-0.25, -0.2) is 4.98 Å². The number of halogens is 1. The van der Waals surface area contributed by atoms with Crippen LogP contribution in [0.3, 0.4) is 0 Å².